The fourth-order valence-corrected chi connectivity index (χ4v) is 1.80. The van der Waals surface area contributed by atoms with E-state index in [0.29, 0.717) is 12.6 Å². The Morgan fingerprint density at radius 3 is 3.31 bits per heavy atom. The quantitative estimate of drug-likeness (QED) is 0.655. The monoisotopic (exact) mass is 220 g/mol. The molecule has 3 heterocycles. The number of aromatic nitrogens is 4. The highest BCUT2D eigenvalue weighted by Gasteiger charge is 2.19. The zero-order valence-corrected chi connectivity index (χ0v) is 8.60. The van der Waals surface area contributed by atoms with Crippen molar-refractivity contribution in [3.63, 3.8) is 0 Å². The number of imidazole rings is 1. The van der Waals surface area contributed by atoms with Crippen molar-refractivity contribution in [1.82, 2.24) is 25.6 Å². The molecule has 0 aromatic carbocycles. The van der Waals surface area contributed by atoms with Crippen LogP contribution in [-0.4, -0.2) is 32.9 Å². The molecule has 2 aromatic rings. The normalized spacial score (nSPS) is 19.9. The summed E-state index contributed by atoms with van der Waals surface area (Å²) in [5.74, 6) is 0.736. The summed E-state index contributed by atoms with van der Waals surface area (Å²) in [6, 6.07) is 0.330. The van der Waals surface area contributed by atoms with E-state index in [4.69, 9.17) is 0 Å². The molecule has 0 aliphatic carbocycles. The second-order valence-electron chi connectivity index (χ2n) is 3.80. The van der Waals surface area contributed by atoms with Crippen LogP contribution < -0.4 is 10.6 Å². The fourth-order valence-electron chi connectivity index (χ4n) is 1.80. The lowest BCUT2D eigenvalue weighted by atomic mass is 10.1. The first-order valence-electron chi connectivity index (χ1n) is 5.18. The van der Waals surface area contributed by atoms with E-state index in [1.165, 1.54) is 0 Å². The van der Waals surface area contributed by atoms with Crippen LogP contribution in [-0.2, 0) is 13.0 Å². The molecule has 84 valence electrons. The van der Waals surface area contributed by atoms with Crippen LogP contribution in [0.4, 0.5) is 5.82 Å². The van der Waals surface area contributed by atoms with Gasteiger partial charge in [0.15, 0.2) is 5.82 Å². The van der Waals surface area contributed by atoms with Gasteiger partial charge in [-0.25, -0.2) is 9.61 Å². The Morgan fingerprint density at radius 1 is 1.44 bits per heavy atom. The SMILES string of the molecule is c1ncc(C[C@H]2CNc3nonc3CN2)[nH]1. The van der Waals surface area contributed by atoms with Crippen molar-refractivity contribution >= 4 is 5.82 Å². The van der Waals surface area contributed by atoms with Crippen molar-refractivity contribution in [2.45, 2.75) is 19.0 Å². The second kappa shape index (κ2) is 3.93. The van der Waals surface area contributed by atoms with Gasteiger partial charge in [0.05, 0.1) is 6.33 Å². The van der Waals surface area contributed by atoms with E-state index in [1.54, 1.807) is 6.33 Å². The van der Waals surface area contributed by atoms with E-state index in [1.807, 2.05) is 6.20 Å². The number of nitrogens with zero attached hydrogens (tertiary/aromatic N) is 3. The van der Waals surface area contributed by atoms with Crippen molar-refractivity contribution in [3.8, 4) is 0 Å². The molecule has 0 spiro atoms. The Kier molecular flexibility index (Phi) is 2.30. The Labute approximate surface area is 91.6 Å². The number of hydrogen-bond donors (Lipinski definition) is 3. The molecule has 0 fully saturated rings. The highest BCUT2D eigenvalue weighted by Crippen LogP contribution is 2.13. The summed E-state index contributed by atoms with van der Waals surface area (Å²) in [4.78, 5) is 7.09. The van der Waals surface area contributed by atoms with Crippen LogP contribution in [0.2, 0.25) is 0 Å². The first-order valence-corrected chi connectivity index (χ1v) is 5.18. The molecule has 3 rings (SSSR count). The summed E-state index contributed by atoms with van der Waals surface area (Å²) in [5, 5.41) is 14.2. The standard InChI is InChI=1S/C9H12N6O/c1(6-2-10-5-13-6)7-3-12-9-8(4-11-7)14-16-15-9/h2,5,7,11H,1,3-4H2,(H,10,13)(H,12,15)/t7-/m0/s1. The smallest absolute Gasteiger partial charge is 0.195 e. The second-order valence-corrected chi connectivity index (χ2v) is 3.80. The van der Waals surface area contributed by atoms with Crippen LogP contribution >= 0.6 is 0 Å². The summed E-state index contributed by atoms with van der Waals surface area (Å²) in [5.41, 5.74) is 1.94. The molecular formula is C9H12N6O. The molecule has 0 unspecified atom stereocenters. The highest BCUT2D eigenvalue weighted by molar-refractivity contribution is 5.39. The molecule has 1 aliphatic rings. The summed E-state index contributed by atoms with van der Waals surface area (Å²) in [7, 11) is 0. The minimum atomic E-state index is 0.330. The van der Waals surface area contributed by atoms with Crippen molar-refractivity contribution < 1.29 is 4.63 Å². The zero-order valence-electron chi connectivity index (χ0n) is 8.60. The largest absolute Gasteiger partial charge is 0.364 e. The van der Waals surface area contributed by atoms with Gasteiger partial charge in [-0.2, -0.15) is 0 Å². The first kappa shape index (κ1) is 9.34. The summed E-state index contributed by atoms with van der Waals surface area (Å²) < 4.78 is 4.65. The molecule has 2 aromatic heterocycles. The molecule has 0 radical (unpaired) electrons. The van der Waals surface area contributed by atoms with Crippen LogP contribution in [0, 0.1) is 0 Å². The van der Waals surface area contributed by atoms with Gasteiger partial charge in [0.2, 0.25) is 0 Å². The number of H-pyrrole nitrogens is 1. The third-order valence-corrected chi connectivity index (χ3v) is 2.65. The Hall–Kier alpha value is -1.89. The van der Waals surface area contributed by atoms with E-state index in [9.17, 15) is 0 Å². The highest BCUT2D eigenvalue weighted by atomic mass is 16.6. The van der Waals surface area contributed by atoms with Gasteiger partial charge in [0.1, 0.15) is 5.69 Å². The summed E-state index contributed by atoms with van der Waals surface area (Å²) >= 11 is 0. The van der Waals surface area contributed by atoms with E-state index in [-0.39, 0.29) is 0 Å². The minimum Gasteiger partial charge on any atom is -0.364 e. The number of anilines is 1. The maximum atomic E-state index is 4.65. The van der Waals surface area contributed by atoms with Gasteiger partial charge in [-0.15, -0.1) is 0 Å². The third kappa shape index (κ3) is 1.76. The molecule has 16 heavy (non-hydrogen) atoms. The minimum absolute atomic E-state index is 0.330. The van der Waals surface area contributed by atoms with Gasteiger partial charge in [-0.3, -0.25) is 0 Å². The van der Waals surface area contributed by atoms with Gasteiger partial charge in [0.25, 0.3) is 0 Å². The number of aromatic amines is 1. The number of nitrogens with one attached hydrogen (secondary N) is 3. The van der Waals surface area contributed by atoms with Crippen molar-refractivity contribution in [3.05, 3.63) is 23.9 Å². The van der Waals surface area contributed by atoms with Crippen LogP contribution in [0.3, 0.4) is 0 Å². The van der Waals surface area contributed by atoms with Crippen molar-refractivity contribution in [2.24, 2.45) is 0 Å². The summed E-state index contributed by atoms with van der Waals surface area (Å²) in [6.07, 6.45) is 4.43. The molecule has 3 N–H and O–H groups in total. The van der Waals surface area contributed by atoms with Crippen molar-refractivity contribution in [1.29, 1.82) is 0 Å². The van der Waals surface area contributed by atoms with E-state index in [2.05, 4.69) is 35.5 Å². The van der Waals surface area contributed by atoms with Crippen LogP contribution in [0.5, 0.6) is 0 Å². The molecule has 0 bridgehead atoms. The van der Waals surface area contributed by atoms with Gasteiger partial charge >= 0.3 is 0 Å². The Balaban J connectivity index is 1.66. The van der Waals surface area contributed by atoms with Crippen LogP contribution in [0.15, 0.2) is 17.2 Å². The summed E-state index contributed by atoms with van der Waals surface area (Å²) in [6.45, 7) is 1.46. The molecule has 1 atom stereocenters. The molecule has 7 nitrogen and oxygen atoms in total. The molecule has 0 saturated carbocycles. The molecule has 0 amide bonds. The van der Waals surface area contributed by atoms with E-state index >= 15 is 0 Å². The van der Waals surface area contributed by atoms with Gasteiger partial charge in [-0.05, 0) is 5.16 Å². The average Bonchev–Trinajstić information content (AvgIpc) is 2.90. The number of fused-ring (bicyclic) bond motifs is 1. The predicted octanol–water partition coefficient (Wildman–Crippen LogP) is -0.0809. The first-order chi connectivity index (χ1) is 7.92. The fraction of sp³-hybridized carbons (Fsp3) is 0.444. The average molecular weight is 220 g/mol. The van der Waals surface area contributed by atoms with E-state index in [0.717, 1.165) is 30.2 Å². The van der Waals surface area contributed by atoms with Gasteiger partial charge in [0, 0.05) is 37.4 Å². The maximum Gasteiger partial charge on any atom is 0.195 e. The molecular weight excluding hydrogens is 208 g/mol. The lowest BCUT2D eigenvalue weighted by Gasteiger charge is -2.14. The molecule has 0 saturated heterocycles. The van der Waals surface area contributed by atoms with Gasteiger partial charge in [-0.1, -0.05) is 5.16 Å². The number of hydrogen-bond acceptors (Lipinski definition) is 6. The lowest BCUT2D eigenvalue weighted by Crippen LogP contribution is -2.34. The van der Waals surface area contributed by atoms with Crippen molar-refractivity contribution in [2.75, 3.05) is 11.9 Å². The van der Waals surface area contributed by atoms with Crippen LogP contribution in [0.1, 0.15) is 11.4 Å². The Bertz CT molecular complexity index is 428. The Morgan fingerprint density at radius 2 is 2.44 bits per heavy atom. The lowest BCUT2D eigenvalue weighted by molar-refractivity contribution is 0.301. The van der Waals surface area contributed by atoms with Gasteiger partial charge < -0.3 is 15.6 Å². The van der Waals surface area contributed by atoms with E-state index < -0.39 is 0 Å². The number of rotatable bonds is 2. The zero-order chi connectivity index (χ0) is 10.8. The third-order valence-electron chi connectivity index (χ3n) is 2.65. The molecule has 7 heteroatoms. The molecule has 1 aliphatic heterocycles. The van der Waals surface area contributed by atoms with Crippen LogP contribution in [0.25, 0.3) is 0 Å². The predicted molar refractivity (Wildman–Crippen MR) is 55.7 cm³/mol. The maximum absolute atomic E-state index is 4.65. The topological polar surface area (TPSA) is 91.7 Å².